The molecule has 0 saturated carbocycles. The fourth-order valence-corrected chi connectivity index (χ4v) is 3.44. The molecule has 1 aliphatic heterocycles. The molecule has 2 aromatic rings. The summed E-state index contributed by atoms with van der Waals surface area (Å²) in [6, 6.07) is 6.20. The molecule has 2 heterocycles. The van der Waals surface area contributed by atoms with Crippen LogP contribution in [0.1, 0.15) is 30.4 Å². The number of benzene rings is 1. The molecule has 0 N–H and O–H groups in total. The number of rotatable bonds is 4. The maximum Gasteiger partial charge on any atom is 0.214 e. The zero-order valence-electron chi connectivity index (χ0n) is 12.5. The Bertz CT molecular complexity index is 607. The second kappa shape index (κ2) is 6.58. The van der Waals surface area contributed by atoms with Gasteiger partial charge in [-0.25, -0.2) is 0 Å². The van der Waals surface area contributed by atoms with Crippen LogP contribution in [0.2, 0.25) is 0 Å². The molecule has 5 nitrogen and oxygen atoms in total. The summed E-state index contributed by atoms with van der Waals surface area (Å²) in [6.07, 6.45) is 3.90. The van der Waals surface area contributed by atoms with Crippen LogP contribution in [-0.2, 0) is 4.74 Å². The normalized spacial score (nSPS) is 18.9. The molecule has 1 aliphatic rings. The molecule has 112 valence electrons. The summed E-state index contributed by atoms with van der Waals surface area (Å²) >= 11 is 1.67. The van der Waals surface area contributed by atoms with Crippen molar-refractivity contribution in [3.05, 3.63) is 29.3 Å². The summed E-state index contributed by atoms with van der Waals surface area (Å²) in [6.45, 7) is 5.09. The lowest BCUT2D eigenvalue weighted by atomic mass is 10.1. The van der Waals surface area contributed by atoms with Crippen LogP contribution >= 0.6 is 11.8 Å². The van der Waals surface area contributed by atoms with Crippen molar-refractivity contribution in [3.8, 4) is 5.69 Å². The summed E-state index contributed by atoms with van der Waals surface area (Å²) in [5.41, 5.74) is 3.50. The number of thioether (sulfide) groups is 1. The van der Waals surface area contributed by atoms with Gasteiger partial charge in [0.15, 0.2) is 0 Å². The Kier molecular flexibility index (Phi) is 4.55. The van der Waals surface area contributed by atoms with E-state index in [0.29, 0.717) is 6.10 Å². The fourth-order valence-electron chi connectivity index (χ4n) is 2.49. The van der Waals surface area contributed by atoms with Gasteiger partial charge in [0.1, 0.15) is 0 Å². The van der Waals surface area contributed by atoms with E-state index in [1.807, 2.05) is 10.7 Å². The van der Waals surface area contributed by atoms with Gasteiger partial charge in [-0.15, -0.1) is 5.10 Å². The summed E-state index contributed by atoms with van der Waals surface area (Å²) in [5, 5.41) is 13.0. The molecule has 1 unspecified atom stereocenters. The minimum absolute atomic E-state index is 0.326. The lowest BCUT2D eigenvalue weighted by Gasteiger charge is -2.21. The molecule has 3 rings (SSSR count). The molecule has 1 fully saturated rings. The van der Waals surface area contributed by atoms with E-state index in [0.717, 1.165) is 29.6 Å². The van der Waals surface area contributed by atoms with Crippen molar-refractivity contribution in [2.24, 2.45) is 0 Å². The second-order valence-electron chi connectivity index (χ2n) is 5.39. The van der Waals surface area contributed by atoms with Crippen LogP contribution in [0.3, 0.4) is 0 Å². The van der Waals surface area contributed by atoms with E-state index >= 15 is 0 Å². The molecule has 0 bridgehead atoms. The monoisotopic (exact) mass is 304 g/mol. The zero-order chi connectivity index (χ0) is 14.7. The van der Waals surface area contributed by atoms with E-state index in [1.165, 1.54) is 24.0 Å². The molecule has 21 heavy (non-hydrogen) atoms. The highest BCUT2D eigenvalue weighted by Crippen LogP contribution is 2.25. The van der Waals surface area contributed by atoms with Gasteiger partial charge in [0.2, 0.25) is 5.16 Å². The maximum absolute atomic E-state index is 5.77. The molecule has 0 spiro atoms. The molecule has 1 atom stereocenters. The summed E-state index contributed by atoms with van der Waals surface area (Å²) in [5.74, 6) is 0.908. The molecular formula is C15H20N4OS. The van der Waals surface area contributed by atoms with E-state index in [-0.39, 0.29) is 0 Å². The Morgan fingerprint density at radius 2 is 2.24 bits per heavy atom. The Hall–Kier alpha value is -1.40. The summed E-state index contributed by atoms with van der Waals surface area (Å²) in [7, 11) is 0. The van der Waals surface area contributed by atoms with Crippen LogP contribution in [-0.4, -0.2) is 38.7 Å². The van der Waals surface area contributed by atoms with E-state index in [9.17, 15) is 0 Å². The van der Waals surface area contributed by atoms with Crippen LogP contribution in [0.15, 0.2) is 23.4 Å². The van der Waals surface area contributed by atoms with Gasteiger partial charge < -0.3 is 4.74 Å². The van der Waals surface area contributed by atoms with Crippen molar-refractivity contribution in [3.63, 3.8) is 0 Å². The molecule has 1 aromatic heterocycles. The highest BCUT2D eigenvalue weighted by Gasteiger charge is 2.17. The molecule has 1 aromatic carbocycles. The number of aryl methyl sites for hydroxylation is 1. The third-order valence-electron chi connectivity index (χ3n) is 3.92. The van der Waals surface area contributed by atoms with Gasteiger partial charge in [0.25, 0.3) is 0 Å². The van der Waals surface area contributed by atoms with E-state index in [4.69, 9.17) is 4.74 Å². The van der Waals surface area contributed by atoms with E-state index in [1.54, 1.807) is 11.8 Å². The van der Waals surface area contributed by atoms with Gasteiger partial charge in [-0.1, -0.05) is 23.9 Å². The highest BCUT2D eigenvalue weighted by molar-refractivity contribution is 7.99. The molecule has 0 radical (unpaired) electrons. The third-order valence-corrected chi connectivity index (χ3v) is 4.97. The lowest BCUT2D eigenvalue weighted by molar-refractivity contribution is 0.0315. The number of nitrogens with zero attached hydrogens (tertiary/aromatic N) is 4. The van der Waals surface area contributed by atoms with Gasteiger partial charge in [-0.3, -0.25) is 0 Å². The van der Waals surface area contributed by atoms with E-state index in [2.05, 4.69) is 41.5 Å². The van der Waals surface area contributed by atoms with Crippen molar-refractivity contribution in [2.45, 2.75) is 44.4 Å². The average molecular weight is 304 g/mol. The van der Waals surface area contributed by atoms with Crippen molar-refractivity contribution >= 4 is 11.8 Å². The zero-order valence-corrected chi connectivity index (χ0v) is 13.3. The number of ether oxygens (including phenoxy) is 1. The summed E-state index contributed by atoms with van der Waals surface area (Å²) in [4.78, 5) is 0. The van der Waals surface area contributed by atoms with Gasteiger partial charge in [-0.05, 0) is 60.7 Å². The predicted octanol–water partition coefficient (Wildman–Crippen LogP) is 2.94. The van der Waals surface area contributed by atoms with Crippen molar-refractivity contribution in [1.82, 2.24) is 20.2 Å². The van der Waals surface area contributed by atoms with Crippen molar-refractivity contribution < 1.29 is 4.74 Å². The largest absolute Gasteiger partial charge is 0.377 e. The standard InChI is InChI=1S/C15H20N4OS/c1-11-6-5-8-14(12(11)2)19-15(16-17-18-19)21-10-13-7-3-4-9-20-13/h5-6,8,13H,3-4,7,9-10H2,1-2H3. The van der Waals surface area contributed by atoms with Crippen molar-refractivity contribution in [1.29, 1.82) is 0 Å². The van der Waals surface area contributed by atoms with Crippen molar-refractivity contribution in [2.75, 3.05) is 12.4 Å². The predicted molar refractivity (Wildman–Crippen MR) is 82.9 cm³/mol. The molecule has 0 amide bonds. The smallest absolute Gasteiger partial charge is 0.214 e. The second-order valence-corrected chi connectivity index (χ2v) is 6.38. The number of hydrogen-bond donors (Lipinski definition) is 0. The maximum atomic E-state index is 5.77. The average Bonchev–Trinajstić information content (AvgIpc) is 2.97. The molecule has 6 heteroatoms. The SMILES string of the molecule is Cc1cccc(-n2nnnc2SCC2CCCCO2)c1C. The van der Waals surface area contributed by atoms with Crippen LogP contribution in [0, 0.1) is 13.8 Å². The topological polar surface area (TPSA) is 52.8 Å². The fraction of sp³-hybridized carbons (Fsp3) is 0.533. The van der Waals surface area contributed by atoms with E-state index < -0.39 is 0 Å². The van der Waals surface area contributed by atoms with Gasteiger partial charge in [-0.2, -0.15) is 4.68 Å². The van der Waals surface area contributed by atoms with Crippen LogP contribution in [0.5, 0.6) is 0 Å². The first-order valence-corrected chi connectivity index (χ1v) is 8.33. The first-order chi connectivity index (χ1) is 10.3. The summed E-state index contributed by atoms with van der Waals surface area (Å²) < 4.78 is 7.60. The third kappa shape index (κ3) is 3.27. The number of hydrogen-bond acceptors (Lipinski definition) is 5. The van der Waals surface area contributed by atoms with Crippen LogP contribution in [0.25, 0.3) is 5.69 Å². The van der Waals surface area contributed by atoms with Gasteiger partial charge >= 0.3 is 0 Å². The Balaban J connectivity index is 1.76. The Labute approximate surface area is 129 Å². The molecular weight excluding hydrogens is 284 g/mol. The quantitative estimate of drug-likeness (QED) is 0.813. The minimum Gasteiger partial charge on any atom is -0.377 e. The van der Waals surface area contributed by atoms with Crippen LogP contribution < -0.4 is 0 Å². The lowest BCUT2D eigenvalue weighted by Crippen LogP contribution is -2.21. The number of tetrazole rings is 1. The first-order valence-electron chi connectivity index (χ1n) is 7.35. The Morgan fingerprint density at radius 3 is 3.05 bits per heavy atom. The molecule has 1 saturated heterocycles. The highest BCUT2D eigenvalue weighted by atomic mass is 32.2. The first kappa shape index (κ1) is 14.5. The molecule has 0 aliphatic carbocycles. The number of aromatic nitrogens is 4. The van der Waals surface area contributed by atoms with Gasteiger partial charge in [0, 0.05) is 12.4 Å². The van der Waals surface area contributed by atoms with Gasteiger partial charge in [0.05, 0.1) is 11.8 Å². The Morgan fingerprint density at radius 1 is 1.33 bits per heavy atom. The van der Waals surface area contributed by atoms with Crippen LogP contribution in [0.4, 0.5) is 0 Å². The minimum atomic E-state index is 0.326.